The molecule has 2 amide bonds. The van der Waals surface area contributed by atoms with E-state index in [0.29, 0.717) is 22.7 Å². The van der Waals surface area contributed by atoms with Crippen molar-refractivity contribution in [3.8, 4) is 16.9 Å². The lowest BCUT2D eigenvalue weighted by molar-refractivity contribution is -0.118. The van der Waals surface area contributed by atoms with E-state index < -0.39 is 0 Å². The van der Waals surface area contributed by atoms with E-state index in [4.69, 9.17) is 17.0 Å². The van der Waals surface area contributed by atoms with Crippen LogP contribution in [0.15, 0.2) is 72.8 Å². The van der Waals surface area contributed by atoms with Crippen LogP contribution < -0.4 is 20.7 Å². The van der Waals surface area contributed by atoms with Gasteiger partial charge in [-0.15, -0.1) is 0 Å². The van der Waals surface area contributed by atoms with Crippen molar-refractivity contribution in [1.29, 1.82) is 0 Å². The van der Waals surface area contributed by atoms with Crippen molar-refractivity contribution in [3.63, 3.8) is 0 Å². The summed E-state index contributed by atoms with van der Waals surface area (Å²) >= 11 is 5.28. The van der Waals surface area contributed by atoms with E-state index in [0.717, 1.165) is 11.1 Å². The number of hydrogen-bond acceptors (Lipinski definition) is 4. The molecular weight excluding hydrogens is 422 g/mol. The van der Waals surface area contributed by atoms with Crippen molar-refractivity contribution in [1.82, 2.24) is 5.32 Å². The summed E-state index contributed by atoms with van der Waals surface area (Å²) in [7, 11) is 1.52. The van der Waals surface area contributed by atoms with Gasteiger partial charge in [-0.05, 0) is 47.6 Å². The van der Waals surface area contributed by atoms with Crippen LogP contribution in [0.25, 0.3) is 11.1 Å². The molecule has 32 heavy (non-hydrogen) atoms. The van der Waals surface area contributed by atoms with Crippen molar-refractivity contribution in [2.24, 2.45) is 5.92 Å². The molecule has 3 N–H and O–H groups in total. The highest BCUT2D eigenvalue weighted by Crippen LogP contribution is 2.28. The Balaban J connectivity index is 1.62. The van der Waals surface area contributed by atoms with E-state index in [1.54, 1.807) is 30.3 Å². The highest BCUT2D eigenvalue weighted by molar-refractivity contribution is 7.80. The van der Waals surface area contributed by atoms with E-state index in [-0.39, 0.29) is 22.8 Å². The Morgan fingerprint density at radius 3 is 2.16 bits per heavy atom. The van der Waals surface area contributed by atoms with Crippen LogP contribution in [-0.2, 0) is 4.79 Å². The third-order valence-corrected chi connectivity index (χ3v) is 4.93. The largest absolute Gasteiger partial charge is 0.494 e. The van der Waals surface area contributed by atoms with Gasteiger partial charge in [-0.25, -0.2) is 0 Å². The normalized spacial score (nSPS) is 10.4. The number of benzene rings is 3. The number of nitrogens with one attached hydrogen (secondary N) is 3. The Labute approximate surface area is 193 Å². The van der Waals surface area contributed by atoms with Gasteiger partial charge in [0.25, 0.3) is 5.91 Å². The molecule has 3 aromatic carbocycles. The molecule has 0 aliphatic rings. The first kappa shape index (κ1) is 23.0. The zero-order chi connectivity index (χ0) is 23.1. The van der Waals surface area contributed by atoms with Crippen LogP contribution in [0, 0.1) is 5.92 Å². The van der Waals surface area contributed by atoms with Crippen LogP contribution in [0.5, 0.6) is 5.75 Å². The first-order chi connectivity index (χ1) is 15.4. The molecule has 7 heteroatoms. The van der Waals surface area contributed by atoms with Gasteiger partial charge < -0.3 is 15.4 Å². The van der Waals surface area contributed by atoms with E-state index >= 15 is 0 Å². The number of thiocarbonyl (C=S) groups is 1. The first-order valence-corrected chi connectivity index (χ1v) is 10.5. The minimum absolute atomic E-state index is 0.106. The first-order valence-electron chi connectivity index (χ1n) is 10.1. The van der Waals surface area contributed by atoms with Gasteiger partial charge in [0.15, 0.2) is 5.11 Å². The van der Waals surface area contributed by atoms with Crippen LogP contribution in [0.1, 0.15) is 24.2 Å². The Bertz CT molecular complexity index is 1110. The summed E-state index contributed by atoms with van der Waals surface area (Å²) in [5.41, 5.74) is 3.79. The van der Waals surface area contributed by atoms with E-state index in [1.165, 1.54) is 7.11 Å². The third-order valence-electron chi connectivity index (χ3n) is 4.72. The lowest BCUT2D eigenvalue weighted by Gasteiger charge is -2.15. The zero-order valence-corrected chi connectivity index (χ0v) is 19.0. The molecule has 0 bridgehead atoms. The molecule has 0 aliphatic carbocycles. The SMILES string of the molecule is COc1cc(NC(=S)NC(=O)c2ccc(-c3ccccc3)cc2)ccc1NC(=O)C(C)C. The minimum atomic E-state index is -0.310. The fourth-order valence-electron chi connectivity index (χ4n) is 2.93. The van der Waals surface area contributed by atoms with Crippen molar-refractivity contribution in [3.05, 3.63) is 78.4 Å². The highest BCUT2D eigenvalue weighted by Gasteiger charge is 2.13. The summed E-state index contributed by atoms with van der Waals surface area (Å²) in [5, 5.41) is 8.61. The molecule has 0 saturated carbocycles. The van der Waals surface area contributed by atoms with Crippen LogP contribution in [0.3, 0.4) is 0 Å². The zero-order valence-electron chi connectivity index (χ0n) is 18.1. The highest BCUT2D eigenvalue weighted by atomic mass is 32.1. The summed E-state index contributed by atoms with van der Waals surface area (Å²) in [6, 6.07) is 22.4. The van der Waals surface area contributed by atoms with Gasteiger partial charge in [0.05, 0.1) is 12.8 Å². The molecule has 0 spiro atoms. The fourth-order valence-corrected chi connectivity index (χ4v) is 3.14. The molecular formula is C25H25N3O3S. The average molecular weight is 448 g/mol. The van der Waals surface area contributed by atoms with Gasteiger partial charge in [-0.3, -0.25) is 14.9 Å². The Morgan fingerprint density at radius 2 is 1.53 bits per heavy atom. The molecule has 0 saturated heterocycles. The van der Waals surface area contributed by atoms with Gasteiger partial charge in [0.2, 0.25) is 5.91 Å². The number of carbonyl (C=O) groups excluding carboxylic acids is 2. The van der Waals surface area contributed by atoms with Crippen molar-refractivity contribution in [2.45, 2.75) is 13.8 Å². The summed E-state index contributed by atoms with van der Waals surface area (Å²) in [4.78, 5) is 24.5. The average Bonchev–Trinajstić information content (AvgIpc) is 2.80. The standard InChI is InChI=1S/C25H25N3O3S/c1-16(2)23(29)27-21-14-13-20(15-22(21)31-3)26-25(32)28-24(30)19-11-9-18(10-12-19)17-7-5-4-6-8-17/h4-16H,1-3H3,(H,27,29)(H2,26,28,30,32). The summed E-state index contributed by atoms with van der Waals surface area (Å²) in [6.45, 7) is 3.63. The number of ether oxygens (including phenoxy) is 1. The van der Waals surface area contributed by atoms with Crippen molar-refractivity contribution < 1.29 is 14.3 Å². The second-order valence-electron chi connectivity index (χ2n) is 7.41. The Kier molecular flexibility index (Phi) is 7.57. The maximum Gasteiger partial charge on any atom is 0.257 e. The van der Waals surface area contributed by atoms with Gasteiger partial charge in [0.1, 0.15) is 5.75 Å². The van der Waals surface area contributed by atoms with E-state index in [9.17, 15) is 9.59 Å². The fraction of sp³-hybridized carbons (Fsp3) is 0.160. The third kappa shape index (κ3) is 5.92. The molecule has 0 heterocycles. The predicted molar refractivity (Wildman–Crippen MR) is 132 cm³/mol. The molecule has 3 rings (SSSR count). The second-order valence-corrected chi connectivity index (χ2v) is 7.82. The lowest BCUT2D eigenvalue weighted by atomic mass is 10.0. The smallest absolute Gasteiger partial charge is 0.257 e. The molecule has 164 valence electrons. The summed E-state index contributed by atoms with van der Waals surface area (Å²) in [6.07, 6.45) is 0. The minimum Gasteiger partial charge on any atom is -0.494 e. The second kappa shape index (κ2) is 10.5. The van der Waals surface area contributed by atoms with Crippen LogP contribution in [0.4, 0.5) is 11.4 Å². The van der Waals surface area contributed by atoms with E-state index in [2.05, 4.69) is 16.0 Å². The van der Waals surface area contributed by atoms with Crippen molar-refractivity contribution in [2.75, 3.05) is 17.7 Å². The summed E-state index contributed by atoms with van der Waals surface area (Å²) < 4.78 is 5.36. The molecule has 0 radical (unpaired) electrons. The molecule has 3 aromatic rings. The quantitative estimate of drug-likeness (QED) is 0.459. The number of methoxy groups -OCH3 is 1. The topological polar surface area (TPSA) is 79.5 Å². The van der Waals surface area contributed by atoms with Gasteiger partial charge in [-0.2, -0.15) is 0 Å². The van der Waals surface area contributed by atoms with Gasteiger partial charge in [-0.1, -0.05) is 56.3 Å². The maximum absolute atomic E-state index is 12.5. The lowest BCUT2D eigenvalue weighted by Crippen LogP contribution is -2.34. The Morgan fingerprint density at radius 1 is 0.875 bits per heavy atom. The number of amides is 2. The summed E-state index contributed by atoms with van der Waals surface area (Å²) in [5.74, 6) is -0.0864. The van der Waals surface area contributed by atoms with Gasteiger partial charge in [0, 0.05) is 23.2 Å². The molecule has 0 atom stereocenters. The van der Waals surface area contributed by atoms with Crippen LogP contribution >= 0.6 is 12.2 Å². The molecule has 0 aromatic heterocycles. The van der Waals surface area contributed by atoms with E-state index in [1.807, 2.05) is 56.3 Å². The van der Waals surface area contributed by atoms with Gasteiger partial charge >= 0.3 is 0 Å². The molecule has 0 unspecified atom stereocenters. The van der Waals surface area contributed by atoms with Crippen LogP contribution in [-0.4, -0.2) is 24.0 Å². The number of carbonyl (C=O) groups is 2. The maximum atomic E-state index is 12.5. The van der Waals surface area contributed by atoms with Crippen molar-refractivity contribution >= 4 is 40.5 Å². The van der Waals surface area contributed by atoms with Crippen LogP contribution in [0.2, 0.25) is 0 Å². The monoisotopic (exact) mass is 447 g/mol. The number of hydrogen-bond donors (Lipinski definition) is 3. The molecule has 0 fully saturated rings. The molecule has 6 nitrogen and oxygen atoms in total. The number of rotatable bonds is 6. The predicted octanol–water partition coefficient (Wildman–Crippen LogP) is 5.08. The number of anilines is 2. The Hall–Kier alpha value is -3.71. The molecule has 0 aliphatic heterocycles.